The van der Waals surface area contributed by atoms with Crippen LogP contribution in [0.2, 0.25) is 0 Å². The molecule has 104 valence electrons. The Bertz CT molecular complexity index is 416. The largest absolute Gasteiger partial charge is 0.396 e. The molecule has 1 aliphatic rings. The number of aliphatic hydroxyl groups is 1. The summed E-state index contributed by atoms with van der Waals surface area (Å²) in [5.74, 6) is 0.395. The van der Waals surface area contributed by atoms with Crippen molar-refractivity contribution in [2.45, 2.75) is 12.8 Å². The SMILES string of the molecule is O=C(Nc1ccc(OF)cc1)N1CCC(CO)CC1. The molecule has 2 rings (SSSR count). The smallest absolute Gasteiger partial charge is 0.321 e. The normalized spacial score (nSPS) is 16.2. The summed E-state index contributed by atoms with van der Waals surface area (Å²) in [6.45, 7) is 1.46. The highest BCUT2D eigenvalue weighted by atomic mass is 19.3. The van der Waals surface area contributed by atoms with Crippen LogP contribution < -0.4 is 10.3 Å². The van der Waals surface area contributed by atoms with Gasteiger partial charge in [0.25, 0.3) is 0 Å². The molecule has 1 saturated heterocycles. The number of carbonyl (C=O) groups is 1. The van der Waals surface area contributed by atoms with Gasteiger partial charge < -0.3 is 15.3 Å². The van der Waals surface area contributed by atoms with Gasteiger partial charge in [0, 0.05) is 29.9 Å². The van der Waals surface area contributed by atoms with E-state index in [0.717, 1.165) is 12.8 Å². The van der Waals surface area contributed by atoms with Gasteiger partial charge in [-0.05, 0) is 43.0 Å². The average molecular weight is 268 g/mol. The molecule has 0 spiro atoms. The average Bonchev–Trinajstić information content (AvgIpc) is 2.48. The molecule has 19 heavy (non-hydrogen) atoms. The predicted molar refractivity (Wildman–Crippen MR) is 68.6 cm³/mol. The van der Waals surface area contributed by atoms with Crippen molar-refractivity contribution in [3.8, 4) is 5.75 Å². The standard InChI is InChI=1S/C13H17FN2O3/c14-19-12-3-1-11(2-4-12)15-13(18)16-7-5-10(9-17)6-8-16/h1-4,10,17H,5-9H2,(H,15,18). The van der Waals surface area contributed by atoms with Crippen molar-refractivity contribution in [3.63, 3.8) is 0 Å². The lowest BCUT2D eigenvalue weighted by Gasteiger charge is -2.31. The fourth-order valence-electron chi connectivity index (χ4n) is 2.11. The van der Waals surface area contributed by atoms with Crippen molar-refractivity contribution in [2.24, 2.45) is 5.92 Å². The Labute approximate surface area is 110 Å². The first-order chi connectivity index (χ1) is 9.22. The van der Waals surface area contributed by atoms with Gasteiger partial charge in [-0.25, -0.2) is 4.79 Å². The van der Waals surface area contributed by atoms with Gasteiger partial charge in [-0.3, -0.25) is 4.94 Å². The van der Waals surface area contributed by atoms with Crippen molar-refractivity contribution in [1.82, 2.24) is 4.90 Å². The number of hydrogen-bond donors (Lipinski definition) is 2. The molecular weight excluding hydrogens is 251 g/mol. The van der Waals surface area contributed by atoms with Gasteiger partial charge in [-0.1, -0.05) is 0 Å². The fraction of sp³-hybridized carbons (Fsp3) is 0.462. The van der Waals surface area contributed by atoms with Crippen LogP contribution in [0.5, 0.6) is 5.75 Å². The van der Waals surface area contributed by atoms with Gasteiger partial charge >= 0.3 is 6.03 Å². The Morgan fingerprint density at radius 2 is 2.00 bits per heavy atom. The summed E-state index contributed by atoms with van der Waals surface area (Å²) >= 11 is 0. The summed E-state index contributed by atoms with van der Waals surface area (Å²) in [6, 6.07) is 5.85. The van der Waals surface area contributed by atoms with Crippen LogP contribution >= 0.6 is 0 Å². The van der Waals surface area contributed by atoms with E-state index in [4.69, 9.17) is 5.11 Å². The zero-order valence-electron chi connectivity index (χ0n) is 10.5. The monoisotopic (exact) mass is 268 g/mol. The number of likely N-dealkylation sites (tertiary alicyclic amines) is 1. The van der Waals surface area contributed by atoms with Gasteiger partial charge in [0.15, 0.2) is 5.75 Å². The lowest BCUT2D eigenvalue weighted by molar-refractivity contribution is -0.00618. The maximum absolute atomic E-state index is 12.0. The third-order valence-electron chi connectivity index (χ3n) is 3.35. The number of anilines is 1. The maximum Gasteiger partial charge on any atom is 0.321 e. The number of amides is 2. The van der Waals surface area contributed by atoms with E-state index in [1.54, 1.807) is 17.0 Å². The summed E-state index contributed by atoms with van der Waals surface area (Å²) in [4.78, 5) is 17.2. The zero-order valence-corrected chi connectivity index (χ0v) is 10.5. The van der Waals surface area contributed by atoms with Crippen LogP contribution in [0.1, 0.15) is 12.8 Å². The summed E-state index contributed by atoms with van der Waals surface area (Å²) in [5.41, 5.74) is 0.593. The molecule has 1 aromatic rings. The van der Waals surface area contributed by atoms with Crippen LogP contribution in [0.4, 0.5) is 15.0 Å². The van der Waals surface area contributed by atoms with Gasteiger partial charge in [0.2, 0.25) is 0 Å². The summed E-state index contributed by atoms with van der Waals surface area (Å²) < 4.78 is 11.9. The van der Waals surface area contributed by atoms with E-state index in [2.05, 4.69) is 10.3 Å². The highest BCUT2D eigenvalue weighted by Crippen LogP contribution is 2.19. The van der Waals surface area contributed by atoms with Gasteiger partial charge in [0.1, 0.15) is 0 Å². The zero-order chi connectivity index (χ0) is 13.7. The topological polar surface area (TPSA) is 61.8 Å². The Morgan fingerprint density at radius 3 is 2.53 bits per heavy atom. The van der Waals surface area contributed by atoms with E-state index >= 15 is 0 Å². The minimum absolute atomic E-state index is 0.0989. The van der Waals surface area contributed by atoms with E-state index in [-0.39, 0.29) is 18.4 Å². The van der Waals surface area contributed by atoms with Gasteiger partial charge in [-0.2, -0.15) is 0 Å². The van der Waals surface area contributed by atoms with Crippen LogP contribution in [0.25, 0.3) is 0 Å². The maximum atomic E-state index is 12.0. The Hall–Kier alpha value is -1.82. The number of benzene rings is 1. The van der Waals surface area contributed by atoms with Crippen LogP contribution in [-0.2, 0) is 0 Å². The van der Waals surface area contributed by atoms with Crippen molar-refractivity contribution in [1.29, 1.82) is 0 Å². The first kappa shape index (κ1) is 13.6. The van der Waals surface area contributed by atoms with Crippen LogP contribution in [0.3, 0.4) is 0 Å². The first-order valence-corrected chi connectivity index (χ1v) is 6.28. The molecule has 1 heterocycles. The van der Waals surface area contributed by atoms with E-state index in [9.17, 15) is 9.32 Å². The molecule has 5 nitrogen and oxygen atoms in total. The van der Waals surface area contributed by atoms with Crippen molar-refractivity contribution in [3.05, 3.63) is 24.3 Å². The predicted octanol–water partition coefficient (Wildman–Crippen LogP) is 2.19. The minimum atomic E-state index is -0.176. The molecule has 0 atom stereocenters. The van der Waals surface area contributed by atoms with E-state index < -0.39 is 0 Å². The number of halogens is 1. The molecule has 0 saturated carbocycles. The molecule has 0 radical (unpaired) electrons. The van der Waals surface area contributed by atoms with E-state index in [1.807, 2.05) is 0 Å². The van der Waals surface area contributed by atoms with Crippen molar-refractivity contribution < 1.29 is 19.4 Å². The number of urea groups is 1. The number of carbonyl (C=O) groups excluding carboxylic acids is 1. The highest BCUT2D eigenvalue weighted by molar-refractivity contribution is 5.89. The number of nitrogens with one attached hydrogen (secondary N) is 1. The lowest BCUT2D eigenvalue weighted by Crippen LogP contribution is -2.41. The van der Waals surface area contributed by atoms with Gasteiger partial charge in [-0.15, -0.1) is 0 Å². The molecule has 1 aromatic carbocycles. The van der Waals surface area contributed by atoms with Crippen molar-refractivity contribution in [2.75, 3.05) is 25.0 Å². The van der Waals surface area contributed by atoms with Gasteiger partial charge in [0.05, 0.1) is 0 Å². The van der Waals surface area contributed by atoms with E-state index in [0.29, 0.717) is 24.7 Å². The number of piperidine rings is 1. The second-order valence-electron chi connectivity index (χ2n) is 4.64. The quantitative estimate of drug-likeness (QED) is 0.883. The highest BCUT2D eigenvalue weighted by Gasteiger charge is 2.22. The summed E-state index contributed by atoms with van der Waals surface area (Å²) in [6.07, 6.45) is 1.64. The fourth-order valence-corrected chi connectivity index (χ4v) is 2.11. The third-order valence-corrected chi connectivity index (χ3v) is 3.35. The number of rotatable bonds is 3. The van der Waals surface area contributed by atoms with Crippen LogP contribution in [0.15, 0.2) is 24.3 Å². The molecule has 1 aliphatic heterocycles. The molecule has 1 fully saturated rings. The summed E-state index contributed by atoms with van der Waals surface area (Å²) in [5, 5.41) is 11.8. The number of nitrogens with zero attached hydrogens (tertiary/aromatic N) is 1. The second kappa shape index (κ2) is 6.38. The molecule has 0 aliphatic carbocycles. The van der Waals surface area contributed by atoms with Crippen molar-refractivity contribution >= 4 is 11.7 Å². The lowest BCUT2D eigenvalue weighted by atomic mass is 9.98. The molecule has 0 aromatic heterocycles. The molecule has 2 N–H and O–H groups in total. The Balaban J connectivity index is 1.86. The molecule has 6 heteroatoms. The summed E-state index contributed by atoms with van der Waals surface area (Å²) in [7, 11) is 0. The molecule has 2 amide bonds. The minimum Gasteiger partial charge on any atom is -0.396 e. The first-order valence-electron chi connectivity index (χ1n) is 6.28. The second-order valence-corrected chi connectivity index (χ2v) is 4.64. The van der Waals surface area contributed by atoms with Crippen LogP contribution in [-0.4, -0.2) is 35.7 Å². The molecular formula is C13H17FN2O3. The van der Waals surface area contributed by atoms with E-state index in [1.165, 1.54) is 12.1 Å². The number of aliphatic hydroxyl groups excluding tert-OH is 1. The Morgan fingerprint density at radius 1 is 1.37 bits per heavy atom. The Kier molecular flexibility index (Phi) is 4.57. The van der Waals surface area contributed by atoms with Crippen LogP contribution in [0, 0.1) is 5.92 Å². The molecule has 0 unspecified atom stereocenters. The third kappa shape index (κ3) is 3.57. The number of hydrogen-bond acceptors (Lipinski definition) is 3. The molecule has 0 bridgehead atoms.